The predicted molar refractivity (Wildman–Crippen MR) is 242 cm³/mol. The number of H-pyrrole nitrogens is 1. The van der Waals surface area contributed by atoms with E-state index in [2.05, 4.69) is 75.2 Å². The molecule has 1 saturated carbocycles. The Labute approximate surface area is 357 Å². The van der Waals surface area contributed by atoms with Gasteiger partial charge in [-0.25, -0.2) is 4.79 Å². The molecule has 10 nitrogen and oxygen atoms in total. The Bertz CT molecular complexity index is 2120. The summed E-state index contributed by atoms with van der Waals surface area (Å²) in [6.45, 7) is 15.5. The molecule has 4 N–H and O–H groups in total. The molecule has 0 bridgehead atoms. The van der Waals surface area contributed by atoms with Crippen molar-refractivity contribution in [1.29, 1.82) is 0 Å². The summed E-state index contributed by atoms with van der Waals surface area (Å²) in [5.41, 5.74) is 0.852. The van der Waals surface area contributed by atoms with E-state index in [4.69, 9.17) is 13.9 Å². The lowest BCUT2D eigenvalue weighted by Gasteiger charge is -2.40. The number of rotatable bonds is 19. The molecule has 0 aliphatic heterocycles. The number of ether oxygens (including phenoxy) is 2. The van der Waals surface area contributed by atoms with E-state index in [0.29, 0.717) is 34.5 Å². The van der Waals surface area contributed by atoms with Gasteiger partial charge in [-0.3, -0.25) is 4.79 Å². The van der Waals surface area contributed by atoms with Crippen LogP contribution in [0, 0.1) is 0 Å². The van der Waals surface area contributed by atoms with Gasteiger partial charge in [0.2, 0.25) is 11.2 Å². The molecule has 3 aromatic heterocycles. The maximum absolute atomic E-state index is 12.8. The van der Waals surface area contributed by atoms with Crippen molar-refractivity contribution < 1.29 is 28.9 Å². The Hall–Kier alpha value is -3.82. The molecule has 0 radical (unpaired) electrons. The summed E-state index contributed by atoms with van der Waals surface area (Å²) in [4.78, 5) is 31.5. The fourth-order valence-corrected chi connectivity index (χ4v) is 10.8. The van der Waals surface area contributed by atoms with Gasteiger partial charge in [0, 0.05) is 36.6 Å². The van der Waals surface area contributed by atoms with Gasteiger partial charge in [-0.15, -0.1) is 22.7 Å². The first-order valence-corrected chi connectivity index (χ1v) is 25.4. The van der Waals surface area contributed by atoms with Gasteiger partial charge < -0.3 is 39.3 Å². The molecule has 2 aromatic carbocycles. The number of aromatic hydroxyl groups is 1. The SMILES string of the molecule is CC(Cc1ccc(OCCCN(C)[C@H]2CC[C@H](OC(C(=O)O)(c3cccs3)c3cccs3)CC2)cc1)NC[C@H](O[Si](C)(C)C(C)(C)C)c1ccc(O)c2[nH]c(=O)ccc12. The molecule has 6 rings (SSSR count). The Morgan fingerprint density at radius 1 is 0.966 bits per heavy atom. The number of hydrogen-bond acceptors (Lipinski definition) is 10. The number of phenolic OH excluding ortho intramolecular Hbond substituents is 1. The van der Waals surface area contributed by atoms with Crippen LogP contribution in [0.25, 0.3) is 10.9 Å². The van der Waals surface area contributed by atoms with E-state index in [9.17, 15) is 19.8 Å². The molecule has 13 heteroatoms. The standard InChI is InChI=1S/C46H61N3O7S2Si/c1-31(47-30-39(56-59(6,7)45(2,3)4)36-21-23-38(50)43-37(36)22-24-42(51)48-43)29-32-13-17-34(18-14-32)54-26-10-25-49(5)33-15-19-35(20-16-33)55-46(44(52)53,40-11-8-27-57-40)41-12-9-28-58-41/h8-9,11-14,17-18,21-24,27-28,31,33,35,39,47,50H,10,15-16,19-20,25-26,29-30H2,1-7H3,(H,48,51)(H,52,53)/t31?,33-,35-,39-/m0/s1. The average molecular weight is 860 g/mol. The summed E-state index contributed by atoms with van der Waals surface area (Å²) in [5.74, 6) is -0.0625. The van der Waals surface area contributed by atoms with Crippen LogP contribution in [-0.4, -0.2) is 79.3 Å². The number of nitrogens with zero attached hydrogens (tertiary/aromatic N) is 1. The van der Waals surface area contributed by atoms with E-state index in [-0.39, 0.29) is 34.6 Å². The Balaban J connectivity index is 0.958. The van der Waals surface area contributed by atoms with Gasteiger partial charge in [-0.05, 0) is 129 Å². The summed E-state index contributed by atoms with van der Waals surface area (Å²) in [6.07, 6.45) is 4.89. The normalized spacial score (nSPS) is 17.6. The van der Waals surface area contributed by atoms with Crippen molar-refractivity contribution in [2.24, 2.45) is 0 Å². The van der Waals surface area contributed by atoms with Gasteiger partial charge in [-0.2, -0.15) is 0 Å². The van der Waals surface area contributed by atoms with E-state index < -0.39 is 19.9 Å². The topological polar surface area (TPSA) is 133 Å². The van der Waals surface area contributed by atoms with Crippen LogP contribution in [0.4, 0.5) is 0 Å². The molecule has 59 heavy (non-hydrogen) atoms. The molecule has 1 fully saturated rings. The maximum Gasteiger partial charge on any atom is 0.347 e. The quantitative estimate of drug-likeness (QED) is 0.0473. The van der Waals surface area contributed by atoms with Crippen LogP contribution >= 0.6 is 22.7 Å². The van der Waals surface area contributed by atoms with Crippen molar-refractivity contribution >= 4 is 47.9 Å². The highest BCUT2D eigenvalue weighted by molar-refractivity contribution is 7.12. The first-order chi connectivity index (χ1) is 28.1. The molecule has 0 spiro atoms. The number of thiophene rings is 2. The van der Waals surface area contributed by atoms with Crippen molar-refractivity contribution in [2.45, 2.75) is 114 Å². The number of aromatic nitrogens is 1. The molecule has 0 amide bonds. The molecule has 0 saturated heterocycles. The number of aliphatic carboxylic acids is 1. The van der Waals surface area contributed by atoms with Gasteiger partial charge in [0.05, 0.1) is 34.1 Å². The highest BCUT2D eigenvalue weighted by Gasteiger charge is 2.48. The molecule has 1 aliphatic carbocycles. The number of hydrogen-bond donors (Lipinski definition) is 4. The van der Waals surface area contributed by atoms with Crippen LogP contribution in [0.15, 0.2) is 88.4 Å². The predicted octanol–water partition coefficient (Wildman–Crippen LogP) is 9.70. The van der Waals surface area contributed by atoms with Gasteiger partial charge in [0.25, 0.3) is 0 Å². The second kappa shape index (κ2) is 19.3. The minimum absolute atomic E-state index is 0.00280. The zero-order chi connectivity index (χ0) is 42.4. The molecule has 2 atom stereocenters. The Morgan fingerprint density at radius 2 is 1.63 bits per heavy atom. The number of benzene rings is 2. The highest BCUT2D eigenvalue weighted by atomic mass is 32.1. The summed E-state index contributed by atoms with van der Waals surface area (Å²) in [6, 6.07) is 23.3. The molecule has 1 aliphatic rings. The zero-order valence-electron chi connectivity index (χ0n) is 35.5. The summed E-state index contributed by atoms with van der Waals surface area (Å²) in [5, 5.41) is 29.4. The minimum Gasteiger partial charge on any atom is -0.506 e. The van der Waals surface area contributed by atoms with E-state index in [1.807, 2.05) is 53.2 Å². The van der Waals surface area contributed by atoms with Crippen LogP contribution in [0.5, 0.6) is 11.5 Å². The molecule has 5 aromatic rings. The van der Waals surface area contributed by atoms with Crippen LogP contribution < -0.4 is 15.6 Å². The third-order valence-electron chi connectivity index (χ3n) is 12.2. The lowest BCUT2D eigenvalue weighted by atomic mass is 9.90. The molecule has 3 heterocycles. The van der Waals surface area contributed by atoms with E-state index in [1.54, 1.807) is 12.1 Å². The smallest absolute Gasteiger partial charge is 0.347 e. The number of phenols is 1. The summed E-state index contributed by atoms with van der Waals surface area (Å²) >= 11 is 2.86. The first kappa shape index (κ1) is 44.7. The van der Waals surface area contributed by atoms with Crippen molar-refractivity contribution in [2.75, 3.05) is 26.7 Å². The molecule has 1 unspecified atom stereocenters. The van der Waals surface area contributed by atoms with E-state index >= 15 is 0 Å². The van der Waals surface area contributed by atoms with Gasteiger partial charge in [0.1, 0.15) is 11.5 Å². The number of fused-ring (bicyclic) bond motifs is 1. The lowest BCUT2D eigenvalue weighted by molar-refractivity contribution is -0.170. The zero-order valence-corrected chi connectivity index (χ0v) is 38.1. The first-order valence-electron chi connectivity index (χ1n) is 20.7. The van der Waals surface area contributed by atoms with Crippen molar-refractivity contribution in [3.63, 3.8) is 0 Å². The number of carboxylic acids is 1. The van der Waals surface area contributed by atoms with Gasteiger partial charge in [0.15, 0.2) is 8.32 Å². The number of nitrogens with one attached hydrogen (secondary N) is 2. The van der Waals surface area contributed by atoms with Crippen molar-refractivity contribution in [3.05, 3.63) is 115 Å². The van der Waals surface area contributed by atoms with E-state index in [0.717, 1.165) is 61.8 Å². The number of aromatic amines is 1. The fourth-order valence-electron chi connectivity index (χ4n) is 7.74. The van der Waals surface area contributed by atoms with Crippen molar-refractivity contribution in [1.82, 2.24) is 15.2 Å². The maximum atomic E-state index is 12.8. The number of carbonyl (C=O) groups is 1. The minimum atomic E-state index is -2.19. The molecular formula is C46H61N3O7S2Si. The number of pyridine rings is 1. The second-order valence-electron chi connectivity index (χ2n) is 17.5. The lowest BCUT2D eigenvalue weighted by Crippen LogP contribution is -2.44. The Kier molecular flexibility index (Phi) is 14.6. The third-order valence-corrected chi connectivity index (χ3v) is 18.6. The average Bonchev–Trinajstić information content (AvgIpc) is 3.95. The van der Waals surface area contributed by atoms with E-state index in [1.165, 1.54) is 34.3 Å². The van der Waals surface area contributed by atoms with Gasteiger partial charge in [-0.1, -0.05) is 51.1 Å². The Morgan fingerprint density at radius 3 is 2.22 bits per heavy atom. The molecule has 318 valence electrons. The van der Waals surface area contributed by atoms with Crippen LogP contribution in [0.3, 0.4) is 0 Å². The molecular weight excluding hydrogens is 799 g/mol. The third kappa shape index (κ3) is 10.7. The summed E-state index contributed by atoms with van der Waals surface area (Å²) in [7, 11) is -0.0133. The fraction of sp³-hybridized carbons (Fsp3) is 0.478. The van der Waals surface area contributed by atoms with Crippen LogP contribution in [0.1, 0.15) is 86.8 Å². The second-order valence-corrected chi connectivity index (χ2v) is 24.1. The van der Waals surface area contributed by atoms with Crippen LogP contribution in [0.2, 0.25) is 18.1 Å². The monoisotopic (exact) mass is 859 g/mol. The number of carboxylic acid groups (broad SMARTS) is 1. The van der Waals surface area contributed by atoms with Crippen LogP contribution in [-0.2, 0) is 26.0 Å². The van der Waals surface area contributed by atoms with Gasteiger partial charge >= 0.3 is 5.97 Å². The largest absolute Gasteiger partial charge is 0.506 e. The van der Waals surface area contributed by atoms with Crippen molar-refractivity contribution in [3.8, 4) is 11.5 Å². The summed E-state index contributed by atoms with van der Waals surface area (Å²) < 4.78 is 19.7. The highest BCUT2D eigenvalue weighted by Crippen LogP contribution is 2.43.